The molecular weight excluding hydrogens is 486 g/mol. The van der Waals surface area contributed by atoms with E-state index in [1.165, 1.54) is 37.1 Å². The van der Waals surface area contributed by atoms with Gasteiger partial charge in [-0.3, -0.25) is 9.78 Å². The Hall–Kier alpha value is -3.44. The molecule has 0 saturated heterocycles. The Morgan fingerprint density at radius 2 is 2.12 bits per heavy atom. The van der Waals surface area contributed by atoms with Gasteiger partial charge < -0.3 is 19.3 Å². The average molecular weight is 503 g/mol. The van der Waals surface area contributed by atoms with E-state index in [-0.39, 0.29) is 11.3 Å². The predicted octanol–water partition coefficient (Wildman–Crippen LogP) is 5.34. The summed E-state index contributed by atoms with van der Waals surface area (Å²) >= 11 is 6.39. The van der Waals surface area contributed by atoms with Crippen LogP contribution in [0.3, 0.4) is 0 Å². The number of benzene rings is 1. The van der Waals surface area contributed by atoms with Crippen LogP contribution in [-0.4, -0.2) is 32.3 Å². The van der Waals surface area contributed by atoms with E-state index < -0.39 is 23.0 Å². The number of fused-ring (bicyclic) bond motifs is 1. The summed E-state index contributed by atoms with van der Waals surface area (Å²) in [5.74, 6) is -1.54. The van der Waals surface area contributed by atoms with E-state index in [0.29, 0.717) is 40.0 Å². The van der Waals surface area contributed by atoms with Gasteiger partial charge in [0.25, 0.3) is 0 Å². The van der Waals surface area contributed by atoms with Crippen LogP contribution in [0, 0.1) is 17.6 Å². The molecule has 0 spiro atoms. The zero-order valence-corrected chi connectivity index (χ0v) is 19.0. The minimum atomic E-state index is -1.03. The SMILES string of the molecule is O=C(c1c(F)ccc(NSc2cnccc2OCl)c1F)c1c[nH]c2ncnc(NCC3CC3)c12. The number of rotatable bonds is 9. The van der Waals surface area contributed by atoms with Crippen LogP contribution >= 0.6 is 23.8 Å². The molecule has 4 aromatic rings. The number of H-pyrrole nitrogens is 1. The Labute approximate surface area is 201 Å². The van der Waals surface area contributed by atoms with Gasteiger partial charge in [-0.25, -0.2) is 18.7 Å². The molecule has 1 aliphatic carbocycles. The molecule has 0 bridgehead atoms. The molecule has 3 N–H and O–H groups in total. The lowest BCUT2D eigenvalue weighted by Crippen LogP contribution is -2.11. The topological polar surface area (TPSA) is 105 Å². The first-order valence-electron chi connectivity index (χ1n) is 10.3. The molecule has 0 aliphatic heterocycles. The number of carbonyl (C=O) groups is 1. The second-order valence-corrected chi connectivity index (χ2v) is 8.69. The summed E-state index contributed by atoms with van der Waals surface area (Å²) in [6.45, 7) is 0.701. The van der Waals surface area contributed by atoms with E-state index in [9.17, 15) is 9.18 Å². The normalized spacial score (nSPS) is 13.1. The van der Waals surface area contributed by atoms with Crippen molar-refractivity contribution in [2.45, 2.75) is 17.7 Å². The molecule has 34 heavy (non-hydrogen) atoms. The van der Waals surface area contributed by atoms with Crippen molar-refractivity contribution in [3.8, 4) is 5.75 Å². The van der Waals surface area contributed by atoms with E-state index in [1.54, 1.807) is 0 Å². The van der Waals surface area contributed by atoms with E-state index >= 15 is 4.39 Å². The first-order chi connectivity index (χ1) is 16.6. The summed E-state index contributed by atoms with van der Waals surface area (Å²) in [5, 5.41) is 3.61. The molecule has 5 rings (SSSR count). The van der Waals surface area contributed by atoms with Crippen LogP contribution in [0.5, 0.6) is 5.75 Å². The molecule has 1 aliphatic rings. The zero-order valence-electron chi connectivity index (χ0n) is 17.4. The smallest absolute Gasteiger partial charge is 0.201 e. The summed E-state index contributed by atoms with van der Waals surface area (Å²) in [7, 11) is 0. The highest BCUT2D eigenvalue weighted by atomic mass is 35.5. The number of carbonyl (C=O) groups excluding carboxylic acids is 1. The van der Waals surface area contributed by atoms with Crippen LogP contribution < -0.4 is 14.3 Å². The molecule has 1 aromatic carbocycles. The van der Waals surface area contributed by atoms with Crippen LogP contribution in [0.1, 0.15) is 28.8 Å². The van der Waals surface area contributed by atoms with Crippen molar-refractivity contribution >= 4 is 52.1 Å². The van der Waals surface area contributed by atoms with Gasteiger partial charge in [-0.15, -0.1) is 0 Å². The maximum absolute atomic E-state index is 15.4. The number of halogens is 3. The summed E-state index contributed by atoms with van der Waals surface area (Å²) < 4.78 is 37.6. The fourth-order valence-electron chi connectivity index (χ4n) is 3.43. The van der Waals surface area contributed by atoms with Crippen LogP contribution in [0.25, 0.3) is 11.0 Å². The van der Waals surface area contributed by atoms with E-state index in [1.807, 2.05) is 0 Å². The Morgan fingerprint density at radius 3 is 2.91 bits per heavy atom. The molecule has 1 saturated carbocycles. The minimum absolute atomic E-state index is 0.0709. The predicted molar refractivity (Wildman–Crippen MR) is 125 cm³/mol. The quantitative estimate of drug-likeness (QED) is 0.208. The summed E-state index contributed by atoms with van der Waals surface area (Å²) in [5.41, 5.74) is -0.320. The van der Waals surface area contributed by atoms with Crippen molar-refractivity contribution in [3.63, 3.8) is 0 Å². The first kappa shape index (κ1) is 22.4. The summed E-state index contributed by atoms with van der Waals surface area (Å²) in [4.78, 5) is 29.0. The summed E-state index contributed by atoms with van der Waals surface area (Å²) in [6, 6.07) is 3.76. The lowest BCUT2D eigenvalue weighted by molar-refractivity contribution is 0.103. The molecular formula is C22H17ClF2N6O2S. The number of pyridine rings is 1. The average Bonchev–Trinajstić information content (AvgIpc) is 3.58. The Balaban J connectivity index is 1.47. The van der Waals surface area contributed by atoms with Crippen molar-refractivity contribution in [1.29, 1.82) is 0 Å². The van der Waals surface area contributed by atoms with Gasteiger partial charge in [0.2, 0.25) is 5.78 Å². The number of aromatic amines is 1. The number of aromatic nitrogens is 4. The molecule has 174 valence electrons. The zero-order chi connectivity index (χ0) is 23.7. The molecule has 8 nitrogen and oxygen atoms in total. The first-order valence-corrected chi connectivity index (χ1v) is 11.4. The number of hydrogen-bond donors (Lipinski definition) is 3. The van der Waals surface area contributed by atoms with Gasteiger partial charge in [0.15, 0.2) is 11.6 Å². The highest BCUT2D eigenvalue weighted by Gasteiger charge is 2.27. The molecule has 0 atom stereocenters. The maximum Gasteiger partial charge on any atom is 0.201 e. The number of nitrogens with one attached hydrogen (secondary N) is 3. The molecule has 3 aromatic heterocycles. The van der Waals surface area contributed by atoms with Crippen LogP contribution in [0.15, 0.2) is 48.0 Å². The van der Waals surface area contributed by atoms with Gasteiger partial charge in [0.1, 0.15) is 35.5 Å². The lowest BCUT2D eigenvalue weighted by atomic mass is 10.0. The second-order valence-electron chi connectivity index (χ2n) is 7.69. The van der Waals surface area contributed by atoms with Crippen molar-refractivity contribution < 1.29 is 17.9 Å². The number of ketones is 1. The number of anilines is 2. The van der Waals surface area contributed by atoms with Crippen molar-refractivity contribution in [3.05, 3.63) is 65.9 Å². The van der Waals surface area contributed by atoms with Crippen molar-refractivity contribution in [1.82, 2.24) is 19.9 Å². The summed E-state index contributed by atoms with van der Waals surface area (Å²) in [6.07, 6.45) is 7.96. The van der Waals surface area contributed by atoms with Crippen LogP contribution in [0.2, 0.25) is 0 Å². The Kier molecular flexibility index (Phi) is 6.20. The highest BCUT2D eigenvalue weighted by Crippen LogP contribution is 2.34. The van der Waals surface area contributed by atoms with E-state index in [4.69, 9.17) is 16.2 Å². The maximum atomic E-state index is 15.4. The molecule has 0 unspecified atom stereocenters. The standard InChI is InChI=1S/C22H17ClF2N6O2S/c23-33-15-5-6-26-9-16(15)34-31-14-4-3-13(24)18(19(14)25)20(32)12-8-28-22-17(12)21(29-10-30-22)27-7-11-1-2-11/h3-6,8-11,31H,1-2,7H2,(H2,27,28,29,30). The van der Waals surface area contributed by atoms with Gasteiger partial charge >= 0.3 is 0 Å². The molecule has 3 heterocycles. The number of nitrogens with zero attached hydrogens (tertiary/aromatic N) is 3. The third kappa shape index (κ3) is 4.36. The lowest BCUT2D eigenvalue weighted by Gasteiger charge is -2.12. The van der Waals surface area contributed by atoms with Crippen molar-refractivity contribution in [2.75, 3.05) is 16.6 Å². The monoisotopic (exact) mass is 502 g/mol. The minimum Gasteiger partial charge on any atom is -0.384 e. The van der Waals surface area contributed by atoms with Gasteiger partial charge in [-0.1, -0.05) is 0 Å². The Bertz CT molecular complexity index is 1380. The second kappa shape index (κ2) is 9.43. The van der Waals surface area contributed by atoms with Crippen LogP contribution in [-0.2, 0) is 0 Å². The van der Waals surface area contributed by atoms with E-state index in [2.05, 4.69) is 30.0 Å². The van der Waals surface area contributed by atoms with Gasteiger partial charge in [0.05, 0.1) is 27.1 Å². The molecule has 0 amide bonds. The van der Waals surface area contributed by atoms with Gasteiger partial charge in [0, 0.05) is 31.2 Å². The van der Waals surface area contributed by atoms with Crippen LogP contribution in [0.4, 0.5) is 20.3 Å². The third-order valence-corrected chi connectivity index (χ3v) is 6.40. The van der Waals surface area contributed by atoms with Crippen molar-refractivity contribution in [2.24, 2.45) is 5.92 Å². The fraction of sp³-hybridized carbons (Fsp3) is 0.182. The molecule has 12 heteroatoms. The Morgan fingerprint density at radius 1 is 1.26 bits per heavy atom. The molecule has 0 radical (unpaired) electrons. The highest BCUT2D eigenvalue weighted by molar-refractivity contribution is 8.00. The van der Waals surface area contributed by atoms with Gasteiger partial charge in [-0.05, 0) is 42.8 Å². The largest absolute Gasteiger partial charge is 0.384 e. The number of hydrogen-bond acceptors (Lipinski definition) is 8. The third-order valence-electron chi connectivity index (χ3n) is 5.39. The van der Waals surface area contributed by atoms with Gasteiger partial charge in [-0.2, -0.15) is 0 Å². The van der Waals surface area contributed by atoms with E-state index in [0.717, 1.165) is 30.9 Å². The fourth-order valence-corrected chi connectivity index (χ4v) is 4.31. The molecule has 1 fully saturated rings.